The highest BCUT2D eigenvalue weighted by Gasteiger charge is 2.02. The van der Waals surface area contributed by atoms with E-state index >= 15 is 0 Å². The first-order valence-corrected chi connectivity index (χ1v) is 3.76. The largest absolute Gasteiger partial charge is 0.145 e. The summed E-state index contributed by atoms with van der Waals surface area (Å²) in [4.78, 5) is 2.30. The van der Waals surface area contributed by atoms with E-state index in [9.17, 15) is 0 Å². The maximum absolute atomic E-state index is 5.66. The van der Waals surface area contributed by atoms with Gasteiger partial charge in [0.25, 0.3) is 0 Å². The first-order valence-electron chi connectivity index (χ1n) is 2.95. The van der Waals surface area contributed by atoms with E-state index in [1.807, 2.05) is 0 Å². The summed E-state index contributed by atoms with van der Waals surface area (Å²) in [7, 11) is 0. The van der Waals surface area contributed by atoms with Crippen molar-refractivity contribution in [2.24, 2.45) is 0 Å². The van der Waals surface area contributed by atoms with Gasteiger partial charge in [-0.3, -0.25) is 0 Å². The van der Waals surface area contributed by atoms with Gasteiger partial charge in [-0.05, 0) is 31.9 Å². The van der Waals surface area contributed by atoms with Gasteiger partial charge in [-0.15, -0.1) is 11.3 Å². The third-order valence-corrected chi connectivity index (χ3v) is 2.86. The molecule has 0 saturated carbocycles. The van der Waals surface area contributed by atoms with Gasteiger partial charge in [0.05, 0.1) is 0 Å². The van der Waals surface area contributed by atoms with E-state index in [4.69, 9.17) is 6.92 Å². The molecular weight excluding hydrogens is 128 g/mol. The van der Waals surface area contributed by atoms with Crippen LogP contribution < -0.4 is 0 Å². The molecule has 0 nitrogen and oxygen atoms in total. The normalized spacial score (nSPS) is 10.2. The summed E-state index contributed by atoms with van der Waals surface area (Å²) >= 11 is 1.67. The van der Waals surface area contributed by atoms with E-state index in [0.29, 0.717) is 0 Å². The lowest BCUT2D eigenvalue weighted by Crippen LogP contribution is -1.73. The zero-order valence-corrected chi connectivity index (χ0v) is 6.80. The quantitative estimate of drug-likeness (QED) is 0.517. The van der Waals surface area contributed by atoms with Gasteiger partial charge in [0, 0.05) is 16.7 Å². The van der Waals surface area contributed by atoms with Crippen molar-refractivity contribution in [3.05, 3.63) is 27.8 Å². The van der Waals surface area contributed by atoms with Crippen molar-refractivity contribution < 1.29 is 0 Å². The van der Waals surface area contributed by atoms with E-state index in [1.165, 1.54) is 16.0 Å². The highest BCUT2D eigenvalue weighted by atomic mass is 32.1. The molecule has 0 unspecified atom stereocenters. The average molecular weight is 138 g/mol. The van der Waals surface area contributed by atoms with Gasteiger partial charge in [-0.1, -0.05) is 0 Å². The number of thiophene rings is 1. The van der Waals surface area contributed by atoms with E-state index < -0.39 is 0 Å². The van der Waals surface area contributed by atoms with Crippen LogP contribution in [-0.2, 0) is 0 Å². The molecule has 0 aliphatic carbocycles. The zero-order chi connectivity index (χ0) is 7.02. The smallest absolute Gasteiger partial charge is 0.0124 e. The molecule has 1 rings (SSSR count). The van der Waals surface area contributed by atoms with Crippen molar-refractivity contribution in [1.29, 1.82) is 0 Å². The molecule has 48 valence electrons. The van der Waals surface area contributed by atoms with Gasteiger partial charge in [0.2, 0.25) is 0 Å². The van der Waals surface area contributed by atoms with Crippen molar-refractivity contribution in [2.75, 3.05) is 0 Å². The van der Waals surface area contributed by atoms with Crippen LogP contribution >= 0.6 is 11.3 Å². The molecule has 1 heteroatoms. The Morgan fingerprint density at radius 2 is 1.67 bits per heavy atom. The number of rotatable bonds is 0. The molecule has 1 aromatic heterocycles. The Labute approximate surface area is 60.5 Å². The first-order chi connectivity index (χ1) is 4.13. The Balaban J connectivity index is 3.29. The number of hydrogen-bond donors (Lipinski definition) is 0. The minimum absolute atomic E-state index is 0.963. The fraction of sp³-hybridized carbons (Fsp3) is 0.375. The summed E-state index contributed by atoms with van der Waals surface area (Å²) in [6.07, 6.45) is 0. The van der Waals surface area contributed by atoms with Crippen LogP contribution in [0.2, 0.25) is 0 Å². The summed E-state index contributed by atoms with van der Waals surface area (Å²) in [5, 5.41) is 0. The maximum atomic E-state index is 5.66. The summed E-state index contributed by atoms with van der Waals surface area (Å²) in [6, 6.07) is 0. The molecule has 0 saturated heterocycles. The van der Waals surface area contributed by atoms with Crippen LogP contribution in [0.4, 0.5) is 0 Å². The second-order valence-electron chi connectivity index (χ2n) is 2.27. The van der Waals surface area contributed by atoms with Crippen LogP contribution in [0.1, 0.15) is 20.9 Å². The van der Waals surface area contributed by atoms with Crippen LogP contribution in [-0.4, -0.2) is 0 Å². The monoisotopic (exact) mass is 138 g/mol. The predicted molar refractivity (Wildman–Crippen MR) is 41.9 cm³/mol. The van der Waals surface area contributed by atoms with Crippen molar-refractivity contribution in [3.8, 4) is 0 Å². The van der Waals surface area contributed by atoms with Gasteiger partial charge < -0.3 is 0 Å². The third-order valence-electron chi connectivity index (χ3n) is 1.72. The Kier molecular flexibility index (Phi) is 1.62. The molecule has 0 N–H and O–H groups in total. The summed E-state index contributed by atoms with van der Waals surface area (Å²) < 4.78 is 0. The number of aryl methyl sites for hydroxylation is 1. The van der Waals surface area contributed by atoms with Crippen molar-refractivity contribution in [3.63, 3.8) is 0 Å². The molecular formula is C8H10S. The summed E-state index contributed by atoms with van der Waals surface area (Å²) in [5.74, 6) is 0. The SMILES string of the molecule is [CH]c1sc(C)c(C)c1C. The first kappa shape index (κ1) is 6.81. The van der Waals surface area contributed by atoms with Gasteiger partial charge in [0.15, 0.2) is 0 Å². The molecule has 1 heterocycles. The Bertz CT molecular complexity index is 198. The molecule has 9 heavy (non-hydrogen) atoms. The van der Waals surface area contributed by atoms with Gasteiger partial charge >= 0.3 is 0 Å². The maximum Gasteiger partial charge on any atom is 0.0124 e. The van der Waals surface area contributed by atoms with Gasteiger partial charge in [-0.25, -0.2) is 0 Å². The van der Waals surface area contributed by atoms with Crippen molar-refractivity contribution >= 4 is 11.3 Å². The lowest BCUT2D eigenvalue weighted by Gasteiger charge is -1.88. The van der Waals surface area contributed by atoms with Crippen LogP contribution in [0.5, 0.6) is 0 Å². The molecule has 0 spiro atoms. The fourth-order valence-corrected chi connectivity index (χ4v) is 1.71. The van der Waals surface area contributed by atoms with Gasteiger partial charge in [0.1, 0.15) is 0 Å². The summed E-state index contributed by atoms with van der Waals surface area (Å²) in [5.41, 5.74) is 2.59. The molecule has 0 fully saturated rings. The second kappa shape index (κ2) is 2.14. The van der Waals surface area contributed by atoms with Crippen LogP contribution in [0.25, 0.3) is 0 Å². The number of hydrogen-bond acceptors (Lipinski definition) is 1. The van der Waals surface area contributed by atoms with Crippen LogP contribution in [0, 0.1) is 27.7 Å². The lowest BCUT2D eigenvalue weighted by atomic mass is 10.2. The Morgan fingerprint density at radius 1 is 1.11 bits per heavy atom. The molecule has 0 amide bonds. The standard InChI is InChI=1S/C8H10S/c1-5-6(2)8(4)9-7(5)3/h3H,1-2,4H3. The molecule has 0 aliphatic heterocycles. The molecule has 1 aromatic rings. The van der Waals surface area contributed by atoms with Crippen LogP contribution in [0.3, 0.4) is 0 Å². The Hall–Kier alpha value is -0.300. The van der Waals surface area contributed by atoms with Crippen molar-refractivity contribution in [2.45, 2.75) is 20.8 Å². The molecule has 2 radical (unpaired) electrons. The lowest BCUT2D eigenvalue weighted by molar-refractivity contribution is 1.34. The van der Waals surface area contributed by atoms with E-state index in [1.54, 1.807) is 11.3 Å². The zero-order valence-electron chi connectivity index (χ0n) is 5.99. The van der Waals surface area contributed by atoms with Crippen molar-refractivity contribution in [1.82, 2.24) is 0 Å². The van der Waals surface area contributed by atoms with E-state index in [0.717, 1.165) is 4.88 Å². The molecule has 0 aromatic carbocycles. The van der Waals surface area contributed by atoms with Crippen LogP contribution in [0.15, 0.2) is 0 Å². The Morgan fingerprint density at radius 3 is 1.78 bits per heavy atom. The minimum Gasteiger partial charge on any atom is -0.145 e. The predicted octanol–water partition coefficient (Wildman–Crippen LogP) is 2.73. The van der Waals surface area contributed by atoms with E-state index in [2.05, 4.69) is 20.8 Å². The molecule has 0 aliphatic rings. The molecule has 0 bridgehead atoms. The second-order valence-corrected chi connectivity index (χ2v) is 3.53. The van der Waals surface area contributed by atoms with E-state index in [-0.39, 0.29) is 0 Å². The third kappa shape index (κ3) is 1.01. The highest BCUT2D eigenvalue weighted by molar-refractivity contribution is 7.12. The summed E-state index contributed by atoms with van der Waals surface area (Å²) in [6.45, 7) is 11.9. The fourth-order valence-electron chi connectivity index (χ4n) is 0.767. The average Bonchev–Trinajstić information content (AvgIpc) is 1.98. The molecule has 0 atom stereocenters. The topological polar surface area (TPSA) is 0 Å². The highest BCUT2D eigenvalue weighted by Crippen LogP contribution is 2.24. The minimum atomic E-state index is 0.963. The van der Waals surface area contributed by atoms with Gasteiger partial charge in [-0.2, -0.15) is 0 Å².